The number of anilines is 1. The van der Waals surface area contributed by atoms with Crippen molar-refractivity contribution >= 4 is 34.1 Å². The summed E-state index contributed by atoms with van der Waals surface area (Å²) >= 11 is 6.06. The zero-order valence-corrected chi connectivity index (χ0v) is 11.1. The standard InChI is InChI=1S/C15H10ClN3O/c16-12-7-10-3-2-6-18-14(10)13(8-12)19-15(20)11-4-1-5-17-9-11/h1-9H,(H,19,20). The molecule has 0 radical (unpaired) electrons. The third kappa shape index (κ3) is 2.46. The van der Waals surface area contributed by atoms with E-state index in [-0.39, 0.29) is 5.91 Å². The van der Waals surface area contributed by atoms with Crippen LogP contribution in [-0.4, -0.2) is 15.9 Å². The molecule has 1 aromatic carbocycles. The van der Waals surface area contributed by atoms with Crippen LogP contribution in [0.25, 0.3) is 10.9 Å². The molecule has 0 spiro atoms. The Morgan fingerprint density at radius 1 is 1.15 bits per heavy atom. The molecule has 0 atom stereocenters. The van der Waals surface area contributed by atoms with E-state index >= 15 is 0 Å². The predicted molar refractivity (Wildman–Crippen MR) is 78.9 cm³/mol. The summed E-state index contributed by atoms with van der Waals surface area (Å²) in [6.07, 6.45) is 4.80. The van der Waals surface area contributed by atoms with E-state index in [1.807, 2.05) is 18.2 Å². The fourth-order valence-corrected chi connectivity index (χ4v) is 2.17. The Hall–Kier alpha value is -2.46. The molecule has 20 heavy (non-hydrogen) atoms. The highest BCUT2D eigenvalue weighted by Gasteiger charge is 2.10. The van der Waals surface area contributed by atoms with Gasteiger partial charge in [0.15, 0.2) is 0 Å². The van der Waals surface area contributed by atoms with Gasteiger partial charge in [-0.3, -0.25) is 14.8 Å². The van der Waals surface area contributed by atoms with Gasteiger partial charge >= 0.3 is 0 Å². The van der Waals surface area contributed by atoms with Crippen LogP contribution in [0.4, 0.5) is 5.69 Å². The van der Waals surface area contributed by atoms with Crippen LogP contribution in [0.15, 0.2) is 55.0 Å². The number of benzene rings is 1. The molecule has 0 aliphatic heterocycles. The van der Waals surface area contributed by atoms with Gasteiger partial charge in [-0.2, -0.15) is 0 Å². The SMILES string of the molecule is O=C(Nc1cc(Cl)cc2cccnc12)c1cccnc1. The van der Waals surface area contributed by atoms with Crippen LogP contribution >= 0.6 is 11.6 Å². The van der Waals surface area contributed by atoms with E-state index in [9.17, 15) is 4.79 Å². The van der Waals surface area contributed by atoms with Gasteiger partial charge in [-0.05, 0) is 30.3 Å². The van der Waals surface area contributed by atoms with E-state index < -0.39 is 0 Å². The maximum Gasteiger partial charge on any atom is 0.257 e. The number of nitrogens with zero attached hydrogens (tertiary/aromatic N) is 2. The minimum Gasteiger partial charge on any atom is -0.320 e. The summed E-state index contributed by atoms with van der Waals surface area (Å²) in [7, 11) is 0. The van der Waals surface area contributed by atoms with E-state index in [0.717, 1.165) is 5.39 Å². The largest absolute Gasteiger partial charge is 0.320 e. The summed E-state index contributed by atoms with van der Waals surface area (Å²) in [5.41, 5.74) is 1.77. The van der Waals surface area contributed by atoms with Crippen molar-refractivity contribution in [3.8, 4) is 0 Å². The lowest BCUT2D eigenvalue weighted by molar-refractivity contribution is 0.102. The summed E-state index contributed by atoms with van der Waals surface area (Å²) < 4.78 is 0. The molecule has 5 heteroatoms. The number of pyridine rings is 2. The van der Waals surface area contributed by atoms with Crippen molar-refractivity contribution in [2.45, 2.75) is 0 Å². The zero-order valence-electron chi connectivity index (χ0n) is 10.4. The second-order valence-electron chi connectivity index (χ2n) is 4.22. The van der Waals surface area contributed by atoms with Crippen LogP contribution in [0.1, 0.15) is 10.4 Å². The van der Waals surface area contributed by atoms with Crippen molar-refractivity contribution in [3.63, 3.8) is 0 Å². The van der Waals surface area contributed by atoms with Crippen molar-refractivity contribution in [1.82, 2.24) is 9.97 Å². The van der Waals surface area contributed by atoms with Gasteiger partial charge in [0.2, 0.25) is 0 Å². The fourth-order valence-electron chi connectivity index (χ4n) is 1.94. The number of aromatic nitrogens is 2. The molecule has 0 aliphatic carbocycles. The Morgan fingerprint density at radius 3 is 2.80 bits per heavy atom. The number of carbonyl (C=O) groups excluding carboxylic acids is 1. The average Bonchev–Trinajstić information content (AvgIpc) is 2.48. The Morgan fingerprint density at radius 2 is 2.00 bits per heavy atom. The predicted octanol–water partition coefficient (Wildman–Crippen LogP) is 3.54. The van der Waals surface area contributed by atoms with E-state index in [2.05, 4.69) is 15.3 Å². The molecule has 4 nitrogen and oxygen atoms in total. The summed E-state index contributed by atoms with van der Waals surface area (Å²) in [6, 6.07) is 10.6. The third-order valence-electron chi connectivity index (χ3n) is 2.84. The number of hydrogen-bond acceptors (Lipinski definition) is 3. The number of amides is 1. The molecule has 0 saturated heterocycles. The molecule has 3 rings (SSSR count). The molecule has 0 fully saturated rings. The highest BCUT2D eigenvalue weighted by molar-refractivity contribution is 6.32. The van der Waals surface area contributed by atoms with Gasteiger partial charge in [-0.15, -0.1) is 0 Å². The normalized spacial score (nSPS) is 10.4. The van der Waals surface area contributed by atoms with Crippen LogP contribution in [0.5, 0.6) is 0 Å². The van der Waals surface area contributed by atoms with Gasteiger partial charge in [-0.25, -0.2) is 0 Å². The topological polar surface area (TPSA) is 54.9 Å². The molecule has 2 heterocycles. The minimum atomic E-state index is -0.243. The summed E-state index contributed by atoms with van der Waals surface area (Å²) in [4.78, 5) is 20.4. The van der Waals surface area contributed by atoms with Crippen LogP contribution < -0.4 is 5.32 Å². The highest BCUT2D eigenvalue weighted by Crippen LogP contribution is 2.26. The van der Waals surface area contributed by atoms with Crippen LogP contribution in [0.3, 0.4) is 0 Å². The maximum atomic E-state index is 12.1. The lowest BCUT2D eigenvalue weighted by atomic mass is 10.2. The second kappa shape index (κ2) is 5.27. The lowest BCUT2D eigenvalue weighted by Gasteiger charge is -2.08. The molecule has 98 valence electrons. The fraction of sp³-hybridized carbons (Fsp3) is 0. The first kappa shape index (κ1) is 12.6. The zero-order chi connectivity index (χ0) is 13.9. The van der Waals surface area contributed by atoms with Crippen molar-refractivity contribution in [1.29, 1.82) is 0 Å². The first-order valence-corrected chi connectivity index (χ1v) is 6.37. The Bertz CT molecular complexity index is 774. The van der Waals surface area contributed by atoms with Gasteiger partial charge < -0.3 is 5.32 Å². The first-order valence-electron chi connectivity index (χ1n) is 6.00. The Kier molecular flexibility index (Phi) is 3.31. The lowest BCUT2D eigenvalue weighted by Crippen LogP contribution is -2.12. The van der Waals surface area contributed by atoms with Crippen LogP contribution in [0, 0.1) is 0 Å². The van der Waals surface area contributed by atoms with Crippen LogP contribution in [0.2, 0.25) is 5.02 Å². The van der Waals surface area contributed by atoms with E-state index in [1.54, 1.807) is 30.6 Å². The third-order valence-corrected chi connectivity index (χ3v) is 3.06. The molecule has 0 saturated carbocycles. The summed E-state index contributed by atoms with van der Waals surface area (Å²) in [5.74, 6) is -0.243. The molecule has 3 aromatic rings. The highest BCUT2D eigenvalue weighted by atomic mass is 35.5. The number of nitrogens with one attached hydrogen (secondary N) is 1. The quantitative estimate of drug-likeness (QED) is 0.783. The number of rotatable bonds is 2. The Labute approximate surface area is 120 Å². The second-order valence-corrected chi connectivity index (χ2v) is 4.66. The monoisotopic (exact) mass is 283 g/mol. The van der Waals surface area contributed by atoms with E-state index in [4.69, 9.17) is 11.6 Å². The van der Waals surface area contributed by atoms with Crippen molar-refractivity contribution in [3.05, 3.63) is 65.6 Å². The molecule has 2 aromatic heterocycles. The summed E-state index contributed by atoms with van der Waals surface area (Å²) in [5, 5.41) is 4.24. The first-order chi connectivity index (χ1) is 9.74. The molecule has 0 aliphatic rings. The van der Waals surface area contributed by atoms with Crippen molar-refractivity contribution in [2.24, 2.45) is 0 Å². The van der Waals surface area contributed by atoms with Crippen molar-refractivity contribution in [2.75, 3.05) is 5.32 Å². The number of hydrogen-bond donors (Lipinski definition) is 1. The molecular weight excluding hydrogens is 274 g/mol. The van der Waals surface area contributed by atoms with Gasteiger partial charge in [-0.1, -0.05) is 17.7 Å². The summed E-state index contributed by atoms with van der Waals surface area (Å²) in [6.45, 7) is 0. The Balaban J connectivity index is 2.01. The van der Waals surface area contributed by atoms with E-state index in [1.165, 1.54) is 6.20 Å². The smallest absolute Gasteiger partial charge is 0.257 e. The van der Waals surface area contributed by atoms with E-state index in [0.29, 0.717) is 21.8 Å². The molecule has 1 N–H and O–H groups in total. The van der Waals surface area contributed by atoms with Gasteiger partial charge in [0.25, 0.3) is 5.91 Å². The molecule has 1 amide bonds. The minimum absolute atomic E-state index is 0.243. The number of fused-ring (bicyclic) bond motifs is 1. The average molecular weight is 284 g/mol. The number of halogens is 1. The van der Waals surface area contributed by atoms with Gasteiger partial charge in [0, 0.05) is 29.0 Å². The molecule has 0 bridgehead atoms. The molecular formula is C15H10ClN3O. The maximum absolute atomic E-state index is 12.1. The van der Waals surface area contributed by atoms with Gasteiger partial charge in [0.1, 0.15) is 0 Å². The van der Waals surface area contributed by atoms with Gasteiger partial charge in [0.05, 0.1) is 16.8 Å². The molecule has 0 unspecified atom stereocenters. The van der Waals surface area contributed by atoms with Crippen LogP contribution in [-0.2, 0) is 0 Å². The number of carbonyl (C=O) groups is 1. The van der Waals surface area contributed by atoms with Crippen molar-refractivity contribution < 1.29 is 4.79 Å².